The number of aromatic carboxylic acids is 1. The summed E-state index contributed by atoms with van der Waals surface area (Å²) in [5, 5.41) is 11.7. The topological polar surface area (TPSA) is 75.6 Å². The van der Waals surface area contributed by atoms with Gasteiger partial charge in [-0.05, 0) is 36.8 Å². The molecule has 2 N–H and O–H groups in total. The zero-order valence-electron chi connectivity index (χ0n) is 12.9. The summed E-state index contributed by atoms with van der Waals surface area (Å²) < 4.78 is 5.27. The van der Waals surface area contributed by atoms with E-state index in [1.165, 1.54) is 12.1 Å². The molecular weight excluding hydrogens is 294 g/mol. The fourth-order valence-corrected chi connectivity index (χ4v) is 2.07. The maximum Gasteiger partial charge on any atom is 0.337 e. The van der Waals surface area contributed by atoms with Crippen molar-refractivity contribution in [3.05, 3.63) is 65.2 Å². The maximum atomic E-state index is 12.0. The summed E-state index contributed by atoms with van der Waals surface area (Å²) in [5.41, 5.74) is 2.12. The highest BCUT2D eigenvalue weighted by Crippen LogP contribution is 2.21. The van der Waals surface area contributed by atoms with Gasteiger partial charge in [0.2, 0.25) is 5.91 Å². The first kappa shape index (κ1) is 16.3. The van der Waals surface area contributed by atoms with E-state index in [1.54, 1.807) is 31.4 Å². The standard InChI is InChI=1S/C18H17NO4/c1-12-7-8-13(16(11-12)23-2)9-10-17(20)19-15-6-4-3-5-14(15)18(21)22/h3-11H,1-2H3,(H,19,20)(H,21,22)/b10-9+. The predicted octanol–water partition coefficient (Wildman–Crippen LogP) is 3.35. The zero-order valence-corrected chi connectivity index (χ0v) is 12.9. The van der Waals surface area contributed by atoms with Gasteiger partial charge in [-0.25, -0.2) is 4.79 Å². The van der Waals surface area contributed by atoms with Crippen molar-refractivity contribution in [2.24, 2.45) is 0 Å². The third-order valence-electron chi connectivity index (χ3n) is 3.22. The molecule has 0 aliphatic carbocycles. The summed E-state index contributed by atoms with van der Waals surface area (Å²) in [4.78, 5) is 23.1. The molecule has 0 saturated heterocycles. The summed E-state index contributed by atoms with van der Waals surface area (Å²) in [6.07, 6.45) is 2.96. The normalized spacial score (nSPS) is 10.5. The average Bonchev–Trinajstić information content (AvgIpc) is 2.53. The second-order valence-corrected chi connectivity index (χ2v) is 4.92. The summed E-state index contributed by atoms with van der Waals surface area (Å²) >= 11 is 0. The molecule has 0 fully saturated rings. The van der Waals surface area contributed by atoms with Gasteiger partial charge in [0.15, 0.2) is 0 Å². The molecule has 5 nitrogen and oxygen atoms in total. The van der Waals surface area contributed by atoms with E-state index in [2.05, 4.69) is 5.32 Å². The van der Waals surface area contributed by atoms with E-state index < -0.39 is 11.9 Å². The van der Waals surface area contributed by atoms with Crippen LogP contribution in [0.25, 0.3) is 6.08 Å². The molecule has 0 unspecified atom stereocenters. The Morgan fingerprint density at radius 3 is 2.61 bits per heavy atom. The molecule has 0 aromatic heterocycles. The predicted molar refractivity (Wildman–Crippen MR) is 88.8 cm³/mol. The van der Waals surface area contributed by atoms with Crippen LogP contribution in [0.1, 0.15) is 21.5 Å². The lowest BCUT2D eigenvalue weighted by atomic mass is 10.1. The Labute approximate surface area is 134 Å². The highest BCUT2D eigenvalue weighted by Gasteiger charge is 2.10. The van der Waals surface area contributed by atoms with Crippen LogP contribution in [-0.4, -0.2) is 24.1 Å². The number of hydrogen-bond acceptors (Lipinski definition) is 3. The van der Waals surface area contributed by atoms with Gasteiger partial charge in [0.1, 0.15) is 5.75 Å². The lowest BCUT2D eigenvalue weighted by molar-refractivity contribution is -0.111. The van der Waals surface area contributed by atoms with Crippen molar-refractivity contribution in [1.29, 1.82) is 0 Å². The highest BCUT2D eigenvalue weighted by atomic mass is 16.5. The fraction of sp³-hybridized carbons (Fsp3) is 0.111. The average molecular weight is 311 g/mol. The molecule has 5 heteroatoms. The van der Waals surface area contributed by atoms with Gasteiger partial charge >= 0.3 is 5.97 Å². The lowest BCUT2D eigenvalue weighted by Crippen LogP contribution is -2.11. The number of amides is 1. The van der Waals surface area contributed by atoms with E-state index >= 15 is 0 Å². The number of hydrogen-bond donors (Lipinski definition) is 2. The van der Waals surface area contributed by atoms with Gasteiger partial charge < -0.3 is 15.2 Å². The molecule has 23 heavy (non-hydrogen) atoms. The third kappa shape index (κ3) is 4.20. The van der Waals surface area contributed by atoms with Crippen molar-refractivity contribution in [3.63, 3.8) is 0 Å². The Kier molecular flexibility index (Phi) is 5.15. The van der Waals surface area contributed by atoms with Crippen LogP contribution in [0, 0.1) is 6.92 Å². The van der Waals surface area contributed by atoms with Gasteiger partial charge in [0, 0.05) is 11.6 Å². The summed E-state index contributed by atoms with van der Waals surface area (Å²) in [5.74, 6) is -0.841. The number of ether oxygens (including phenoxy) is 1. The lowest BCUT2D eigenvalue weighted by Gasteiger charge is -2.07. The molecule has 1 amide bonds. The van der Waals surface area contributed by atoms with Crippen LogP contribution in [0.5, 0.6) is 5.75 Å². The van der Waals surface area contributed by atoms with Gasteiger partial charge in [-0.3, -0.25) is 4.79 Å². The molecule has 0 spiro atoms. The number of nitrogens with one attached hydrogen (secondary N) is 1. The Morgan fingerprint density at radius 2 is 1.91 bits per heavy atom. The number of carboxylic acids is 1. The monoisotopic (exact) mass is 311 g/mol. The molecule has 0 radical (unpaired) electrons. The quantitative estimate of drug-likeness (QED) is 0.830. The van der Waals surface area contributed by atoms with Gasteiger partial charge in [0.25, 0.3) is 0 Å². The molecule has 0 bridgehead atoms. The first-order chi connectivity index (χ1) is 11.0. The second-order valence-electron chi connectivity index (χ2n) is 4.92. The van der Waals surface area contributed by atoms with E-state index in [-0.39, 0.29) is 11.3 Å². The van der Waals surface area contributed by atoms with Crippen molar-refractivity contribution < 1.29 is 19.4 Å². The largest absolute Gasteiger partial charge is 0.496 e. The van der Waals surface area contributed by atoms with Crippen LogP contribution in [0.3, 0.4) is 0 Å². The number of carbonyl (C=O) groups excluding carboxylic acids is 1. The summed E-state index contributed by atoms with van der Waals surface area (Å²) in [7, 11) is 1.56. The Bertz CT molecular complexity index is 765. The molecule has 0 heterocycles. The van der Waals surface area contributed by atoms with E-state index in [0.717, 1.165) is 11.1 Å². The Morgan fingerprint density at radius 1 is 1.17 bits per heavy atom. The van der Waals surface area contributed by atoms with Crippen molar-refractivity contribution in [1.82, 2.24) is 0 Å². The van der Waals surface area contributed by atoms with Gasteiger partial charge in [-0.15, -0.1) is 0 Å². The summed E-state index contributed by atoms with van der Waals surface area (Å²) in [6, 6.07) is 11.9. The van der Waals surface area contributed by atoms with Gasteiger partial charge in [-0.1, -0.05) is 24.3 Å². The number of carboxylic acid groups (broad SMARTS) is 1. The van der Waals surface area contributed by atoms with E-state index in [1.807, 2.05) is 25.1 Å². The molecule has 0 aliphatic rings. The minimum absolute atomic E-state index is 0.0437. The van der Waals surface area contributed by atoms with Crippen LogP contribution in [0.2, 0.25) is 0 Å². The van der Waals surface area contributed by atoms with Crippen LogP contribution < -0.4 is 10.1 Å². The van der Waals surface area contributed by atoms with Gasteiger partial charge in [-0.2, -0.15) is 0 Å². The first-order valence-electron chi connectivity index (χ1n) is 6.97. The van der Waals surface area contributed by atoms with Gasteiger partial charge in [0.05, 0.1) is 18.4 Å². The molecule has 2 rings (SSSR count). The van der Waals surface area contributed by atoms with Crippen LogP contribution >= 0.6 is 0 Å². The molecule has 118 valence electrons. The van der Waals surface area contributed by atoms with Crippen molar-refractivity contribution >= 4 is 23.6 Å². The molecule has 2 aromatic carbocycles. The Balaban J connectivity index is 2.16. The van der Waals surface area contributed by atoms with Crippen LogP contribution in [0.4, 0.5) is 5.69 Å². The van der Waals surface area contributed by atoms with Crippen molar-refractivity contribution in [3.8, 4) is 5.75 Å². The van der Waals surface area contributed by atoms with E-state index in [0.29, 0.717) is 5.75 Å². The molecule has 0 aliphatic heterocycles. The third-order valence-corrected chi connectivity index (χ3v) is 3.22. The van der Waals surface area contributed by atoms with Crippen molar-refractivity contribution in [2.75, 3.05) is 12.4 Å². The molecule has 0 saturated carbocycles. The number of carbonyl (C=O) groups is 2. The minimum Gasteiger partial charge on any atom is -0.496 e. The second kappa shape index (κ2) is 7.26. The number of benzene rings is 2. The molecule has 0 atom stereocenters. The van der Waals surface area contributed by atoms with Crippen LogP contribution in [-0.2, 0) is 4.79 Å². The number of methoxy groups -OCH3 is 1. The van der Waals surface area contributed by atoms with Crippen LogP contribution in [0.15, 0.2) is 48.5 Å². The first-order valence-corrected chi connectivity index (χ1v) is 6.97. The SMILES string of the molecule is COc1cc(C)ccc1/C=C/C(=O)Nc1ccccc1C(=O)O. The number of rotatable bonds is 5. The number of anilines is 1. The number of para-hydroxylation sites is 1. The highest BCUT2D eigenvalue weighted by molar-refractivity contribution is 6.06. The Hall–Kier alpha value is -3.08. The van der Waals surface area contributed by atoms with E-state index in [9.17, 15) is 9.59 Å². The smallest absolute Gasteiger partial charge is 0.337 e. The minimum atomic E-state index is -1.09. The fourth-order valence-electron chi connectivity index (χ4n) is 2.07. The molecule has 2 aromatic rings. The zero-order chi connectivity index (χ0) is 16.8. The van der Waals surface area contributed by atoms with Crippen molar-refractivity contribution in [2.45, 2.75) is 6.92 Å². The molecular formula is C18H17NO4. The summed E-state index contributed by atoms with van der Waals surface area (Å²) in [6.45, 7) is 1.95. The number of aryl methyl sites for hydroxylation is 1. The maximum absolute atomic E-state index is 12.0. The van der Waals surface area contributed by atoms with E-state index in [4.69, 9.17) is 9.84 Å².